The molecule has 9 heteroatoms. The first-order valence-corrected chi connectivity index (χ1v) is 16.0. The van der Waals surface area contributed by atoms with E-state index in [1.807, 2.05) is 12.2 Å². The van der Waals surface area contributed by atoms with E-state index >= 15 is 0 Å². The molecule has 0 aromatic heterocycles. The molecule has 246 valence electrons. The summed E-state index contributed by atoms with van der Waals surface area (Å²) in [6.07, 6.45) is 23.0. The number of aliphatic hydroxyl groups is 5. The van der Waals surface area contributed by atoms with Crippen LogP contribution in [0.5, 0.6) is 0 Å². The van der Waals surface area contributed by atoms with Gasteiger partial charge in [0.2, 0.25) is 5.91 Å². The van der Waals surface area contributed by atoms with E-state index in [2.05, 4.69) is 61.7 Å². The minimum atomic E-state index is -1.57. The number of hydrogen-bond donors (Lipinski definition) is 6. The highest BCUT2D eigenvalue weighted by molar-refractivity contribution is 5.77. The maximum atomic E-state index is 12.7. The molecule has 1 aliphatic heterocycles. The molecular weight excluding hydrogens is 550 g/mol. The van der Waals surface area contributed by atoms with Crippen LogP contribution < -0.4 is 5.32 Å². The van der Waals surface area contributed by atoms with Crippen LogP contribution in [0.1, 0.15) is 90.9 Å². The third kappa shape index (κ3) is 17.7. The Labute approximate surface area is 258 Å². The molecule has 1 saturated heterocycles. The number of allylic oxidation sites excluding steroid dienone is 9. The fourth-order valence-electron chi connectivity index (χ4n) is 4.52. The Bertz CT molecular complexity index is 853. The van der Waals surface area contributed by atoms with Crippen molar-refractivity contribution in [3.8, 4) is 0 Å². The van der Waals surface area contributed by atoms with Gasteiger partial charge in [0.1, 0.15) is 24.4 Å². The van der Waals surface area contributed by atoms with E-state index in [4.69, 9.17) is 9.47 Å². The third-order valence-electron chi connectivity index (χ3n) is 7.16. The van der Waals surface area contributed by atoms with Gasteiger partial charge in [-0.2, -0.15) is 0 Å². The standard InChI is InChI=1S/C34H57NO8/c1-3-5-7-9-10-11-12-13-14-15-16-17-18-20-22-24-30(38)35-27(28(37)23-21-19-8-6-4-2)26-42-34-33(41)32(40)31(39)29(25-36)43-34/h5,7,10-11,13-14,16-17,20,22,27-29,31-34,36-37,39-41H,3-4,6,8-9,12,15,18-19,21,23-26H2,1-2H3,(H,35,38)/b7-5-,11-10-,14-13-,17-16-,22-20-. The molecule has 0 spiro atoms. The highest BCUT2D eigenvalue weighted by Gasteiger charge is 2.44. The molecule has 6 N–H and O–H groups in total. The number of carbonyl (C=O) groups is 1. The number of hydrogen-bond acceptors (Lipinski definition) is 8. The summed E-state index contributed by atoms with van der Waals surface area (Å²) in [5.74, 6) is -0.283. The lowest BCUT2D eigenvalue weighted by molar-refractivity contribution is -0.302. The Morgan fingerprint density at radius 2 is 1.35 bits per heavy atom. The lowest BCUT2D eigenvalue weighted by Crippen LogP contribution is -2.60. The Morgan fingerprint density at radius 1 is 0.791 bits per heavy atom. The predicted octanol–water partition coefficient (Wildman–Crippen LogP) is 4.15. The highest BCUT2D eigenvalue weighted by Crippen LogP contribution is 2.22. The van der Waals surface area contributed by atoms with Gasteiger partial charge < -0.3 is 40.3 Å². The van der Waals surface area contributed by atoms with Crippen molar-refractivity contribution in [2.45, 2.75) is 134 Å². The number of carbonyl (C=O) groups excluding carboxylic acids is 1. The lowest BCUT2D eigenvalue weighted by Gasteiger charge is -2.40. The molecule has 7 atom stereocenters. The van der Waals surface area contributed by atoms with E-state index in [9.17, 15) is 30.3 Å². The molecule has 1 fully saturated rings. The molecule has 0 aliphatic carbocycles. The van der Waals surface area contributed by atoms with Crippen molar-refractivity contribution < 1.29 is 39.8 Å². The molecule has 1 aliphatic rings. The highest BCUT2D eigenvalue weighted by atomic mass is 16.7. The molecule has 9 nitrogen and oxygen atoms in total. The third-order valence-corrected chi connectivity index (χ3v) is 7.16. The second-order valence-electron chi connectivity index (χ2n) is 10.9. The zero-order valence-electron chi connectivity index (χ0n) is 26.2. The maximum Gasteiger partial charge on any atom is 0.224 e. The average molecular weight is 608 g/mol. The van der Waals surface area contributed by atoms with Crippen molar-refractivity contribution in [2.75, 3.05) is 13.2 Å². The number of unbranched alkanes of at least 4 members (excludes halogenated alkanes) is 4. The van der Waals surface area contributed by atoms with Crippen LogP contribution in [-0.4, -0.2) is 87.5 Å². The fourth-order valence-corrected chi connectivity index (χ4v) is 4.52. The summed E-state index contributed by atoms with van der Waals surface area (Å²) in [4.78, 5) is 12.7. The van der Waals surface area contributed by atoms with Gasteiger partial charge in [-0.05, 0) is 38.5 Å². The van der Waals surface area contributed by atoms with Crippen LogP contribution in [0.3, 0.4) is 0 Å². The normalized spacial score (nSPS) is 24.7. The summed E-state index contributed by atoms with van der Waals surface area (Å²) >= 11 is 0. The second kappa shape index (κ2) is 25.2. The van der Waals surface area contributed by atoms with Crippen LogP contribution in [0.2, 0.25) is 0 Å². The van der Waals surface area contributed by atoms with Gasteiger partial charge in [0.25, 0.3) is 0 Å². The summed E-state index contributed by atoms with van der Waals surface area (Å²) in [7, 11) is 0. The molecule has 0 bridgehead atoms. The number of rotatable bonds is 23. The van der Waals surface area contributed by atoms with Crippen LogP contribution in [0.4, 0.5) is 0 Å². The molecule has 1 rings (SSSR count). The topological polar surface area (TPSA) is 149 Å². The van der Waals surface area contributed by atoms with E-state index < -0.39 is 49.5 Å². The average Bonchev–Trinajstić information content (AvgIpc) is 3.00. The molecule has 0 aromatic rings. The fraction of sp³-hybridized carbons (Fsp3) is 0.676. The first-order chi connectivity index (χ1) is 20.8. The zero-order chi connectivity index (χ0) is 31.7. The van der Waals surface area contributed by atoms with Gasteiger partial charge in [-0.25, -0.2) is 0 Å². The molecule has 7 unspecified atom stereocenters. The van der Waals surface area contributed by atoms with Gasteiger partial charge in [-0.15, -0.1) is 0 Å². The van der Waals surface area contributed by atoms with Gasteiger partial charge in [-0.3, -0.25) is 4.79 Å². The van der Waals surface area contributed by atoms with Crippen molar-refractivity contribution in [3.05, 3.63) is 60.8 Å². The van der Waals surface area contributed by atoms with Crippen molar-refractivity contribution in [1.82, 2.24) is 5.32 Å². The Hall–Kier alpha value is -2.11. The Morgan fingerprint density at radius 3 is 1.91 bits per heavy atom. The minimum absolute atomic E-state index is 0.132. The van der Waals surface area contributed by atoms with Crippen molar-refractivity contribution in [2.24, 2.45) is 0 Å². The number of amides is 1. The first-order valence-electron chi connectivity index (χ1n) is 16.0. The smallest absolute Gasteiger partial charge is 0.224 e. The lowest BCUT2D eigenvalue weighted by atomic mass is 9.99. The number of aliphatic hydroxyl groups excluding tert-OH is 5. The molecule has 0 radical (unpaired) electrons. The summed E-state index contributed by atoms with van der Waals surface area (Å²) < 4.78 is 11.0. The van der Waals surface area contributed by atoms with E-state index in [0.29, 0.717) is 12.8 Å². The van der Waals surface area contributed by atoms with E-state index in [1.54, 1.807) is 6.08 Å². The van der Waals surface area contributed by atoms with E-state index in [-0.39, 0.29) is 18.9 Å². The molecule has 1 heterocycles. The van der Waals surface area contributed by atoms with Crippen LogP contribution in [0.25, 0.3) is 0 Å². The first kappa shape index (κ1) is 38.9. The van der Waals surface area contributed by atoms with Crippen LogP contribution in [0.15, 0.2) is 60.8 Å². The van der Waals surface area contributed by atoms with E-state index in [1.165, 1.54) is 0 Å². The monoisotopic (exact) mass is 607 g/mol. The van der Waals surface area contributed by atoms with Gasteiger partial charge in [0, 0.05) is 6.42 Å². The van der Waals surface area contributed by atoms with Crippen LogP contribution in [-0.2, 0) is 14.3 Å². The number of nitrogens with one attached hydrogen (secondary N) is 1. The number of ether oxygens (including phenoxy) is 2. The van der Waals surface area contributed by atoms with E-state index in [0.717, 1.165) is 57.8 Å². The maximum absolute atomic E-state index is 12.7. The molecule has 1 amide bonds. The van der Waals surface area contributed by atoms with Crippen molar-refractivity contribution in [3.63, 3.8) is 0 Å². The minimum Gasteiger partial charge on any atom is -0.394 e. The van der Waals surface area contributed by atoms with Gasteiger partial charge >= 0.3 is 0 Å². The summed E-state index contributed by atoms with van der Waals surface area (Å²) in [6, 6.07) is -0.770. The summed E-state index contributed by atoms with van der Waals surface area (Å²) in [6.45, 7) is 3.50. The predicted molar refractivity (Wildman–Crippen MR) is 170 cm³/mol. The van der Waals surface area contributed by atoms with Crippen LogP contribution >= 0.6 is 0 Å². The Balaban J connectivity index is 2.52. The molecular formula is C34H57NO8. The molecule has 0 aromatic carbocycles. The quantitative estimate of drug-likeness (QED) is 0.0750. The van der Waals surface area contributed by atoms with Gasteiger partial charge in [0.05, 0.1) is 25.4 Å². The van der Waals surface area contributed by atoms with Crippen molar-refractivity contribution in [1.29, 1.82) is 0 Å². The largest absolute Gasteiger partial charge is 0.394 e. The van der Waals surface area contributed by atoms with Gasteiger partial charge in [0.15, 0.2) is 6.29 Å². The molecule has 43 heavy (non-hydrogen) atoms. The van der Waals surface area contributed by atoms with Crippen LogP contribution in [0, 0.1) is 0 Å². The second-order valence-corrected chi connectivity index (χ2v) is 10.9. The zero-order valence-corrected chi connectivity index (χ0v) is 26.2. The molecule has 0 saturated carbocycles. The summed E-state index contributed by atoms with van der Waals surface area (Å²) in [5.41, 5.74) is 0. The Kier molecular flexibility index (Phi) is 22.8. The SMILES string of the molecule is CC/C=C\C/C=C\C/C=C\C/C=C\C/C=C\CC(=O)NC(COC1OC(CO)C(O)C(O)C1O)C(O)CCCCCCC. The van der Waals surface area contributed by atoms with Gasteiger partial charge in [-0.1, -0.05) is 107 Å². The summed E-state index contributed by atoms with van der Waals surface area (Å²) in [5, 5.41) is 53.3. The van der Waals surface area contributed by atoms with Crippen molar-refractivity contribution >= 4 is 5.91 Å².